The van der Waals surface area contributed by atoms with Gasteiger partial charge in [0.15, 0.2) is 0 Å². The Kier molecular flexibility index (Phi) is 5.35. The van der Waals surface area contributed by atoms with Crippen LogP contribution in [0.5, 0.6) is 0 Å². The lowest BCUT2D eigenvalue weighted by Crippen LogP contribution is -2.29. The summed E-state index contributed by atoms with van der Waals surface area (Å²) in [7, 11) is 1.32. The molecule has 0 saturated carbocycles. The molecule has 3 heteroatoms. The van der Waals surface area contributed by atoms with Crippen molar-refractivity contribution in [3.8, 4) is 0 Å². The molecule has 0 aromatic carbocycles. The van der Waals surface area contributed by atoms with Crippen molar-refractivity contribution in [2.24, 2.45) is 11.8 Å². The van der Waals surface area contributed by atoms with Crippen LogP contribution in [0.15, 0.2) is 0 Å². The Labute approximate surface area is 79.5 Å². The molecule has 0 rings (SSSR count). The van der Waals surface area contributed by atoms with E-state index in [0.717, 1.165) is 12.8 Å². The molecule has 0 radical (unpaired) electrons. The molecule has 0 aliphatic rings. The molecule has 0 spiro atoms. The number of hydrogen-bond acceptors (Lipinski definition) is 3. The number of Topliss-reactive ketones (excluding diaryl/α,β-unsaturated/α-hetero) is 1. The number of rotatable bonds is 5. The van der Waals surface area contributed by atoms with E-state index in [0.29, 0.717) is 0 Å². The summed E-state index contributed by atoms with van der Waals surface area (Å²) < 4.78 is 4.58. The van der Waals surface area contributed by atoms with Crippen molar-refractivity contribution in [2.75, 3.05) is 7.11 Å². The molecule has 2 atom stereocenters. The molecule has 0 aliphatic carbocycles. The summed E-state index contributed by atoms with van der Waals surface area (Å²) in [6.45, 7) is 5.38. The molecule has 0 aromatic heterocycles. The van der Waals surface area contributed by atoms with Gasteiger partial charge in [0, 0.05) is 0 Å². The molecule has 0 amide bonds. The maximum atomic E-state index is 11.2. The Bertz CT molecular complexity index is 187. The second-order valence-electron chi connectivity index (χ2n) is 3.38. The average Bonchev–Trinajstić information content (AvgIpc) is 2.04. The van der Waals surface area contributed by atoms with Crippen LogP contribution in [0.3, 0.4) is 0 Å². The number of carbonyl (C=O) groups is 2. The largest absolute Gasteiger partial charge is 0.468 e. The lowest BCUT2D eigenvalue weighted by molar-refractivity contribution is -0.151. The molecule has 3 nitrogen and oxygen atoms in total. The lowest BCUT2D eigenvalue weighted by atomic mass is 9.87. The molecular formula is C10H18O3. The quantitative estimate of drug-likeness (QED) is 0.485. The van der Waals surface area contributed by atoms with Crippen molar-refractivity contribution in [3.05, 3.63) is 0 Å². The van der Waals surface area contributed by atoms with Gasteiger partial charge in [-0.05, 0) is 19.3 Å². The Morgan fingerprint density at radius 1 is 1.38 bits per heavy atom. The third-order valence-corrected chi connectivity index (χ3v) is 2.21. The SMILES string of the molecule is CCCC(C)C(C(C)=O)C(=O)OC. The van der Waals surface area contributed by atoms with Crippen LogP contribution in [0, 0.1) is 11.8 Å². The topological polar surface area (TPSA) is 43.4 Å². The van der Waals surface area contributed by atoms with Crippen molar-refractivity contribution in [2.45, 2.75) is 33.6 Å². The van der Waals surface area contributed by atoms with E-state index in [1.165, 1.54) is 14.0 Å². The van der Waals surface area contributed by atoms with Gasteiger partial charge in [0.05, 0.1) is 7.11 Å². The average molecular weight is 186 g/mol. The zero-order chi connectivity index (χ0) is 10.4. The van der Waals surface area contributed by atoms with E-state index in [2.05, 4.69) is 4.74 Å². The second-order valence-corrected chi connectivity index (χ2v) is 3.38. The molecule has 0 saturated heterocycles. The predicted molar refractivity (Wildman–Crippen MR) is 50.3 cm³/mol. The smallest absolute Gasteiger partial charge is 0.316 e. The summed E-state index contributed by atoms with van der Waals surface area (Å²) in [5.41, 5.74) is 0. The summed E-state index contributed by atoms with van der Waals surface area (Å²) >= 11 is 0. The Hall–Kier alpha value is -0.860. The van der Waals surface area contributed by atoms with E-state index in [1.807, 2.05) is 13.8 Å². The van der Waals surface area contributed by atoms with Crippen molar-refractivity contribution >= 4 is 11.8 Å². The van der Waals surface area contributed by atoms with Crippen molar-refractivity contribution in [1.82, 2.24) is 0 Å². The molecule has 0 heterocycles. The van der Waals surface area contributed by atoms with E-state index in [4.69, 9.17) is 0 Å². The van der Waals surface area contributed by atoms with Crippen molar-refractivity contribution in [1.29, 1.82) is 0 Å². The van der Waals surface area contributed by atoms with E-state index in [1.54, 1.807) is 0 Å². The van der Waals surface area contributed by atoms with Crippen LogP contribution in [0.25, 0.3) is 0 Å². The highest BCUT2D eigenvalue weighted by Gasteiger charge is 2.29. The summed E-state index contributed by atoms with van der Waals surface area (Å²) in [5.74, 6) is -1.01. The van der Waals surface area contributed by atoms with Gasteiger partial charge in [-0.15, -0.1) is 0 Å². The normalized spacial score (nSPS) is 14.8. The van der Waals surface area contributed by atoms with Crippen molar-refractivity contribution in [3.63, 3.8) is 0 Å². The molecule has 2 unspecified atom stereocenters. The predicted octanol–water partition coefficient (Wildman–Crippen LogP) is 1.80. The molecular weight excluding hydrogens is 168 g/mol. The first-order valence-corrected chi connectivity index (χ1v) is 4.62. The number of ketones is 1. The van der Waals surface area contributed by atoms with Gasteiger partial charge in [0.2, 0.25) is 0 Å². The monoisotopic (exact) mass is 186 g/mol. The van der Waals surface area contributed by atoms with Crippen LogP contribution in [-0.2, 0) is 14.3 Å². The standard InChI is InChI=1S/C10H18O3/c1-5-6-7(2)9(8(3)11)10(12)13-4/h7,9H,5-6H2,1-4H3. The molecule has 76 valence electrons. The van der Waals surface area contributed by atoms with Crippen LogP contribution in [0.4, 0.5) is 0 Å². The highest BCUT2D eigenvalue weighted by Crippen LogP contribution is 2.19. The Morgan fingerprint density at radius 2 is 1.92 bits per heavy atom. The Balaban J connectivity index is 4.41. The zero-order valence-electron chi connectivity index (χ0n) is 8.79. The number of esters is 1. The minimum Gasteiger partial charge on any atom is -0.468 e. The summed E-state index contributed by atoms with van der Waals surface area (Å²) in [6, 6.07) is 0. The number of hydrogen-bond donors (Lipinski definition) is 0. The third kappa shape index (κ3) is 3.57. The maximum absolute atomic E-state index is 11.2. The zero-order valence-corrected chi connectivity index (χ0v) is 8.79. The summed E-state index contributed by atoms with van der Waals surface area (Å²) in [4.78, 5) is 22.4. The summed E-state index contributed by atoms with van der Waals surface area (Å²) in [6.07, 6.45) is 1.85. The first-order chi connectivity index (χ1) is 6.04. The van der Waals surface area contributed by atoms with Crippen LogP contribution >= 0.6 is 0 Å². The van der Waals surface area contributed by atoms with Crippen LogP contribution in [-0.4, -0.2) is 18.9 Å². The van der Waals surface area contributed by atoms with E-state index < -0.39 is 11.9 Å². The van der Waals surface area contributed by atoms with Crippen LogP contribution < -0.4 is 0 Å². The highest BCUT2D eigenvalue weighted by molar-refractivity contribution is 5.97. The molecule has 0 N–H and O–H groups in total. The highest BCUT2D eigenvalue weighted by atomic mass is 16.5. The van der Waals surface area contributed by atoms with E-state index in [9.17, 15) is 9.59 Å². The molecule has 0 aliphatic heterocycles. The fraction of sp³-hybridized carbons (Fsp3) is 0.800. The Morgan fingerprint density at radius 3 is 2.23 bits per heavy atom. The van der Waals surface area contributed by atoms with Crippen molar-refractivity contribution < 1.29 is 14.3 Å². The molecule has 0 aromatic rings. The maximum Gasteiger partial charge on any atom is 0.316 e. The fourth-order valence-electron chi connectivity index (χ4n) is 1.55. The molecule has 13 heavy (non-hydrogen) atoms. The van der Waals surface area contributed by atoms with E-state index >= 15 is 0 Å². The third-order valence-electron chi connectivity index (χ3n) is 2.21. The second kappa shape index (κ2) is 5.73. The fourth-order valence-corrected chi connectivity index (χ4v) is 1.55. The van der Waals surface area contributed by atoms with Gasteiger partial charge in [-0.1, -0.05) is 20.3 Å². The molecule has 0 bridgehead atoms. The minimum absolute atomic E-state index is 0.0787. The van der Waals surface area contributed by atoms with Crippen LogP contribution in [0.1, 0.15) is 33.6 Å². The first-order valence-electron chi connectivity index (χ1n) is 4.62. The van der Waals surface area contributed by atoms with E-state index in [-0.39, 0.29) is 11.7 Å². The van der Waals surface area contributed by atoms with Crippen LogP contribution in [0.2, 0.25) is 0 Å². The van der Waals surface area contributed by atoms with Gasteiger partial charge < -0.3 is 4.74 Å². The van der Waals surface area contributed by atoms with Gasteiger partial charge in [-0.3, -0.25) is 9.59 Å². The van der Waals surface area contributed by atoms with Gasteiger partial charge in [-0.25, -0.2) is 0 Å². The van der Waals surface area contributed by atoms with Gasteiger partial charge in [-0.2, -0.15) is 0 Å². The summed E-state index contributed by atoms with van der Waals surface area (Å²) in [5, 5.41) is 0. The first kappa shape index (κ1) is 12.1. The van der Waals surface area contributed by atoms with Gasteiger partial charge >= 0.3 is 5.97 Å². The van der Waals surface area contributed by atoms with Gasteiger partial charge in [0.25, 0.3) is 0 Å². The lowest BCUT2D eigenvalue weighted by Gasteiger charge is -2.18. The molecule has 0 fully saturated rings. The number of ether oxygens (including phenoxy) is 1. The number of carbonyl (C=O) groups excluding carboxylic acids is 2. The number of methoxy groups -OCH3 is 1. The minimum atomic E-state index is -0.579. The van der Waals surface area contributed by atoms with Gasteiger partial charge in [0.1, 0.15) is 11.7 Å².